The van der Waals surface area contributed by atoms with Crippen LogP contribution < -0.4 is 5.32 Å². The number of anilines is 1. The van der Waals surface area contributed by atoms with Gasteiger partial charge >= 0.3 is 0 Å². The van der Waals surface area contributed by atoms with Crippen LogP contribution in [0.15, 0.2) is 42.5 Å². The fourth-order valence-electron chi connectivity index (χ4n) is 2.14. The molecule has 2 aromatic carbocycles. The maximum Gasteiger partial charge on any atom is 0.269 e. The van der Waals surface area contributed by atoms with Crippen molar-refractivity contribution < 1.29 is 9.72 Å². The molecule has 126 valence electrons. The van der Waals surface area contributed by atoms with Gasteiger partial charge in [-0.3, -0.25) is 14.9 Å². The molecule has 0 radical (unpaired) electrons. The summed E-state index contributed by atoms with van der Waals surface area (Å²) in [6.45, 7) is 3.80. The summed E-state index contributed by atoms with van der Waals surface area (Å²) in [6.07, 6.45) is 0. The van der Waals surface area contributed by atoms with E-state index in [0.29, 0.717) is 5.02 Å². The summed E-state index contributed by atoms with van der Waals surface area (Å²) in [7, 11) is 0. The number of carbonyl (C=O) groups is 1. The van der Waals surface area contributed by atoms with Crippen LogP contribution in [0.5, 0.6) is 0 Å². The molecule has 0 bridgehead atoms. The van der Waals surface area contributed by atoms with Crippen LogP contribution >= 0.6 is 23.4 Å². The van der Waals surface area contributed by atoms with E-state index in [2.05, 4.69) is 5.32 Å². The third-order valence-electron chi connectivity index (χ3n) is 3.48. The molecule has 0 saturated heterocycles. The topological polar surface area (TPSA) is 72.2 Å². The van der Waals surface area contributed by atoms with Crippen molar-refractivity contribution in [2.45, 2.75) is 19.1 Å². The fourth-order valence-corrected chi connectivity index (χ4v) is 3.18. The summed E-state index contributed by atoms with van der Waals surface area (Å²) in [6, 6.07) is 11.8. The Morgan fingerprint density at radius 1 is 1.33 bits per heavy atom. The number of non-ortho nitro benzene ring substituents is 1. The lowest BCUT2D eigenvalue weighted by Crippen LogP contribution is -2.15. The minimum absolute atomic E-state index is 0.0260. The number of nitro benzene ring substituents is 1. The molecule has 0 fully saturated rings. The van der Waals surface area contributed by atoms with E-state index < -0.39 is 4.92 Å². The highest BCUT2D eigenvalue weighted by atomic mass is 35.5. The SMILES string of the molecule is Cc1cc(Cl)ccc1NC(=O)CS[C@@H](C)c1cccc([N+](=O)[O-])c1. The Bertz CT molecular complexity index is 767. The third kappa shape index (κ3) is 4.97. The highest BCUT2D eigenvalue weighted by molar-refractivity contribution is 8.00. The molecule has 1 N–H and O–H groups in total. The molecule has 0 unspecified atom stereocenters. The van der Waals surface area contributed by atoms with E-state index in [9.17, 15) is 14.9 Å². The molecule has 1 amide bonds. The van der Waals surface area contributed by atoms with Crippen molar-refractivity contribution in [2.24, 2.45) is 0 Å². The zero-order valence-corrected chi connectivity index (χ0v) is 14.9. The molecule has 5 nitrogen and oxygen atoms in total. The van der Waals surface area contributed by atoms with Crippen LogP contribution in [0, 0.1) is 17.0 Å². The van der Waals surface area contributed by atoms with Crippen molar-refractivity contribution >= 4 is 40.6 Å². The first-order chi connectivity index (χ1) is 11.4. The van der Waals surface area contributed by atoms with Crippen LogP contribution in [0.2, 0.25) is 5.02 Å². The molecule has 2 rings (SSSR count). The Morgan fingerprint density at radius 3 is 2.75 bits per heavy atom. The number of rotatable bonds is 6. The van der Waals surface area contributed by atoms with Crippen molar-refractivity contribution in [3.63, 3.8) is 0 Å². The number of hydrogen-bond acceptors (Lipinski definition) is 4. The van der Waals surface area contributed by atoms with Crippen LogP contribution in [-0.2, 0) is 4.79 Å². The van der Waals surface area contributed by atoms with Crippen molar-refractivity contribution in [2.75, 3.05) is 11.1 Å². The van der Waals surface area contributed by atoms with Gasteiger partial charge in [0, 0.05) is 28.1 Å². The van der Waals surface area contributed by atoms with Crippen LogP contribution in [0.4, 0.5) is 11.4 Å². The standard InChI is InChI=1S/C17H17ClN2O3S/c1-11-8-14(18)6-7-16(11)19-17(21)10-24-12(2)13-4-3-5-15(9-13)20(22)23/h3-9,12H,10H2,1-2H3,(H,19,21)/t12-/m0/s1. The average Bonchev–Trinajstić information content (AvgIpc) is 2.55. The van der Waals surface area contributed by atoms with Crippen molar-refractivity contribution in [3.8, 4) is 0 Å². The smallest absolute Gasteiger partial charge is 0.269 e. The highest BCUT2D eigenvalue weighted by Crippen LogP contribution is 2.30. The average molecular weight is 365 g/mol. The zero-order chi connectivity index (χ0) is 17.7. The van der Waals surface area contributed by atoms with Gasteiger partial charge in [0.2, 0.25) is 5.91 Å². The lowest BCUT2D eigenvalue weighted by atomic mass is 10.1. The summed E-state index contributed by atoms with van der Waals surface area (Å²) in [5, 5.41) is 14.3. The second kappa shape index (κ2) is 8.17. The van der Waals surface area contributed by atoms with E-state index in [1.807, 2.05) is 19.9 Å². The monoisotopic (exact) mass is 364 g/mol. The molecule has 0 aliphatic rings. The molecule has 0 spiro atoms. The lowest BCUT2D eigenvalue weighted by Gasteiger charge is -2.12. The Hall–Kier alpha value is -2.05. The van der Waals surface area contributed by atoms with Gasteiger partial charge in [-0.15, -0.1) is 11.8 Å². The van der Waals surface area contributed by atoms with Crippen molar-refractivity contribution in [3.05, 3.63) is 68.7 Å². The first-order valence-corrected chi connectivity index (χ1v) is 8.71. The summed E-state index contributed by atoms with van der Waals surface area (Å²) in [5.41, 5.74) is 2.51. The second-order valence-corrected chi connectivity index (χ2v) is 7.08. The molecule has 2 aromatic rings. The number of hydrogen-bond donors (Lipinski definition) is 1. The van der Waals surface area contributed by atoms with E-state index in [1.165, 1.54) is 17.8 Å². The predicted molar refractivity (Wildman–Crippen MR) is 98.8 cm³/mol. The van der Waals surface area contributed by atoms with Gasteiger partial charge in [0.1, 0.15) is 0 Å². The summed E-state index contributed by atoms with van der Waals surface area (Å²) >= 11 is 7.32. The minimum Gasteiger partial charge on any atom is -0.325 e. The number of halogens is 1. The van der Waals surface area contributed by atoms with Gasteiger partial charge in [-0.1, -0.05) is 23.7 Å². The van der Waals surface area contributed by atoms with E-state index in [0.717, 1.165) is 16.8 Å². The van der Waals surface area contributed by atoms with E-state index in [1.54, 1.807) is 30.3 Å². The number of amides is 1. The normalized spacial score (nSPS) is 11.8. The van der Waals surface area contributed by atoms with Gasteiger partial charge in [0.15, 0.2) is 0 Å². The minimum atomic E-state index is -0.420. The van der Waals surface area contributed by atoms with Crippen molar-refractivity contribution in [1.82, 2.24) is 0 Å². The Morgan fingerprint density at radius 2 is 2.08 bits per heavy atom. The van der Waals surface area contributed by atoms with E-state index in [4.69, 9.17) is 11.6 Å². The molecule has 1 atom stereocenters. The summed E-state index contributed by atoms with van der Waals surface area (Å²) < 4.78 is 0. The first kappa shape index (κ1) is 18.3. The fraction of sp³-hybridized carbons (Fsp3) is 0.235. The maximum absolute atomic E-state index is 12.1. The molecule has 0 aromatic heterocycles. The quantitative estimate of drug-likeness (QED) is 0.579. The first-order valence-electron chi connectivity index (χ1n) is 7.29. The Labute approximate surface area is 149 Å². The summed E-state index contributed by atoms with van der Waals surface area (Å²) in [5.74, 6) is 0.133. The van der Waals surface area contributed by atoms with Gasteiger partial charge in [0.25, 0.3) is 5.69 Å². The number of thioether (sulfide) groups is 1. The summed E-state index contributed by atoms with van der Waals surface area (Å²) in [4.78, 5) is 22.5. The molecule has 0 aliphatic carbocycles. The highest BCUT2D eigenvalue weighted by Gasteiger charge is 2.13. The van der Waals surface area contributed by atoms with Gasteiger partial charge < -0.3 is 5.32 Å². The van der Waals surface area contributed by atoms with Crippen LogP contribution in [0.1, 0.15) is 23.3 Å². The van der Waals surface area contributed by atoms with Gasteiger partial charge in [-0.05, 0) is 43.2 Å². The molecule has 0 aliphatic heterocycles. The van der Waals surface area contributed by atoms with Gasteiger partial charge in [-0.2, -0.15) is 0 Å². The van der Waals surface area contributed by atoms with Crippen LogP contribution in [-0.4, -0.2) is 16.6 Å². The zero-order valence-electron chi connectivity index (χ0n) is 13.3. The van der Waals surface area contributed by atoms with Gasteiger partial charge in [-0.25, -0.2) is 0 Å². The molecular weight excluding hydrogens is 348 g/mol. The largest absolute Gasteiger partial charge is 0.325 e. The predicted octanol–water partition coefficient (Wildman–Crippen LogP) is 4.99. The van der Waals surface area contributed by atoms with Crippen LogP contribution in [0.3, 0.4) is 0 Å². The number of carbonyl (C=O) groups excluding carboxylic acids is 1. The number of nitrogens with zero attached hydrogens (tertiary/aromatic N) is 1. The van der Waals surface area contributed by atoms with Crippen molar-refractivity contribution in [1.29, 1.82) is 0 Å². The van der Waals surface area contributed by atoms with Gasteiger partial charge in [0.05, 0.1) is 10.7 Å². The number of benzene rings is 2. The maximum atomic E-state index is 12.1. The Kier molecular flexibility index (Phi) is 6.23. The molecule has 0 heterocycles. The molecule has 7 heteroatoms. The van der Waals surface area contributed by atoms with E-state index in [-0.39, 0.29) is 22.6 Å². The number of aryl methyl sites for hydroxylation is 1. The molecule has 0 saturated carbocycles. The number of nitrogens with one attached hydrogen (secondary N) is 1. The Balaban J connectivity index is 1.93. The molecular formula is C17H17ClN2O3S. The van der Waals surface area contributed by atoms with E-state index >= 15 is 0 Å². The number of nitro groups is 1. The lowest BCUT2D eigenvalue weighted by molar-refractivity contribution is -0.384. The second-order valence-electron chi connectivity index (χ2n) is 5.31. The molecule has 24 heavy (non-hydrogen) atoms. The third-order valence-corrected chi connectivity index (χ3v) is 4.91. The van der Waals surface area contributed by atoms with Crippen LogP contribution in [0.25, 0.3) is 0 Å².